The van der Waals surface area contributed by atoms with Gasteiger partial charge in [0.1, 0.15) is 17.1 Å². The third-order valence-electron chi connectivity index (χ3n) is 3.94. The summed E-state index contributed by atoms with van der Waals surface area (Å²) < 4.78 is 12.3. The molecule has 0 saturated heterocycles. The molecule has 130 valence electrons. The van der Waals surface area contributed by atoms with Crippen LogP contribution in [0.4, 0.5) is 0 Å². The molecule has 25 heavy (non-hydrogen) atoms. The van der Waals surface area contributed by atoms with Crippen LogP contribution < -0.4 is 0 Å². The van der Waals surface area contributed by atoms with E-state index in [9.17, 15) is 4.79 Å². The van der Waals surface area contributed by atoms with Gasteiger partial charge in [-0.2, -0.15) is 0 Å². The van der Waals surface area contributed by atoms with Crippen LogP contribution in [0.2, 0.25) is 0 Å². The number of rotatable bonds is 5. The number of furan rings is 1. The topological polar surface area (TPSA) is 70.2 Å². The number of esters is 1. The van der Waals surface area contributed by atoms with E-state index in [-0.39, 0.29) is 0 Å². The number of aromatic nitrogens is 3. The number of benzene rings is 1. The van der Waals surface area contributed by atoms with Crippen molar-refractivity contribution in [3.05, 3.63) is 53.0 Å². The molecule has 0 atom stereocenters. The second-order valence-electron chi connectivity index (χ2n) is 5.64. The van der Waals surface area contributed by atoms with Crippen LogP contribution in [0.5, 0.6) is 0 Å². The Hall–Kier alpha value is -2.54. The van der Waals surface area contributed by atoms with Gasteiger partial charge in [0.25, 0.3) is 0 Å². The van der Waals surface area contributed by atoms with Crippen molar-refractivity contribution in [3.63, 3.8) is 0 Å². The van der Waals surface area contributed by atoms with E-state index in [0.717, 1.165) is 22.1 Å². The van der Waals surface area contributed by atoms with E-state index in [0.29, 0.717) is 22.8 Å². The van der Waals surface area contributed by atoms with Crippen molar-refractivity contribution in [3.8, 4) is 11.4 Å². The average Bonchev–Trinajstić information content (AvgIpc) is 3.15. The van der Waals surface area contributed by atoms with Gasteiger partial charge in [0, 0.05) is 12.6 Å². The van der Waals surface area contributed by atoms with Crippen LogP contribution in [0.3, 0.4) is 0 Å². The maximum atomic E-state index is 11.7. The van der Waals surface area contributed by atoms with Crippen molar-refractivity contribution in [2.24, 2.45) is 7.05 Å². The van der Waals surface area contributed by atoms with Gasteiger partial charge in [0.05, 0.1) is 12.9 Å². The van der Waals surface area contributed by atoms with E-state index in [1.807, 2.05) is 29.8 Å². The lowest BCUT2D eigenvalue weighted by Crippen LogP contribution is -2.00. The fourth-order valence-corrected chi connectivity index (χ4v) is 3.35. The van der Waals surface area contributed by atoms with Gasteiger partial charge in [0.2, 0.25) is 0 Å². The predicted molar refractivity (Wildman–Crippen MR) is 95.5 cm³/mol. The second-order valence-corrected chi connectivity index (χ2v) is 6.59. The lowest BCUT2D eigenvalue weighted by molar-refractivity contribution is 0.0599. The Kier molecular flexibility index (Phi) is 4.94. The van der Waals surface area contributed by atoms with E-state index in [1.165, 1.54) is 18.9 Å². The molecule has 0 aliphatic heterocycles. The van der Waals surface area contributed by atoms with Crippen molar-refractivity contribution >= 4 is 17.7 Å². The summed E-state index contributed by atoms with van der Waals surface area (Å²) in [5.74, 6) is 2.24. The number of ether oxygens (including phenoxy) is 1. The van der Waals surface area contributed by atoms with Crippen molar-refractivity contribution in [2.45, 2.75) is 24.8 Å². The standard InChI is InChI=1S/C18H19N3O3S/c1-11-7-5-6-8-14(11)16-19-20-18(21(16)3)25-10-13-9-15(12(2)24-13)17(22)23-4/h5-9H,10H2,1-4H3. The third-order valence-corrected chi connectivity index (χ3v) is 4.98. The highest BCUT2D eigenvalue weighted by atomic mass is 32.2. The number of nitrogens with zero attached hydrogens (tertiary/aromatic N) is 3. The molecule has 0 N–H and O–H groups in total. The number of carbonyl (C=O) groups excluding carboxylic acids is 1. The summed E-state index contributed by atoms with van der Waals surface area (Å²) in [4.78, 5) is 11.7. The zero-order chi connectivity index (χ0) is 18.0. The van der Waals surface area contributed by atoms with Crippen LogP contribution in [0, 0.1) is 13.8 Å². The Morgan fingerprint density at radius 2 is 2.04 bits per heavy atom. The Morgan fingerprint density at radius 3 is 2.76 bits per heavy atom. The summed E-state index contributed by atoms with van der Waals surface area (Å²) in [5.41, 5.74) is 2.67. The second kappa shape index (κ2) is 7.14. The van der Waals surface area contributed by atoms with Gasteiger partial charge in [-0.3, -0.25) is 0 Å². The quantitative estimate of drug-likeness (QED) is 0.511. The summed E-state index contributed by atoms with van der Waals surface area (Å²) in [7, 11) is 3.30. The smallest absolute Gasteiger partial charge is 0.341 e. The molecule has 0 fully saturated rings. The summed E-state index contributed by atoms with van der Waals surface area (Å²) in [5, 5.41) is 9.37. The number of aryl methyl sites for hydroxylation is 2. The van der Waals surface area contributed by atoms with E-state index in [2.05, 4.69) is 23.2 Å². The van der Waals surface area contributed by atoms with Crippen LogP contribution in [0.15, 0.2) is 39.9 Å². The van der Waals surface area contributed by atoms with Crippen LogP contribution in [0.1, 0.15) is 27.4 Å². The highest BCUT2D eigenvalue weighted by Crippen LogP contribution is 2.28. The van der Waals surface area contributed by atoms with Gasteiger partial charge >= 0.3 is 5.97 Å². The average molecular weight is 357 g/mol. The van der Waals surface area contributed by atoms with Crippen LogP contribution >= 0.6 is 11.8 Å². The summed E-state index contributed by atoms with van der Waals surface area (Å²) in [6.07, 6.45) is 0. The molecule has 3 rings (SSSR count). The third kappa shape index (κ3) is 3.46. The summed E-state index contributed by atoms with van der Waals surface area (Å²) >= 11 is 1.51. The molecule has 3 aromatic rings. The lowest BCUT2D eigenvalue weighted by Gasteiger charge is -2.05. The molecular weight excluding hydrogens is 338 g/mol. The normalized spacial score (nSPS) is 10.9. The first-order chi connectivity index (χ1) is 12.0. The summed E-state index contributed by atoms with van der Waals surface area (Å²) in [6.45, 7) is 3.80. The molecule has 0 radical (unpaired) electrons. The minimum Gasteiger partial charge on any atom is -0.465 e. The number of thioether (sulfide) groups is 1. The molecule has 0 aliphatic rings. The molecule has 2 heterocycles. The highest BCUT2D eigenvalue weighted by molar-refractivity contribution is 7.98. The van der Waals surface area contributed by atoms with Gasteiger partial charge in [-0.15, -0.1) is 10.2 Å². The highest BCUT2D eigenvalue weighted by Gasteiger charge is 2.17. The zero-order valence-corrected chi connectivity index (χ0v) is 15.4. The largest absolute Gasteiger partial charge is 0.465 e. The van der Waals surface area contributed by atoms with Crippen LogP contribution in [0.25, 0.3) is 11.4 Å². The Bertz CT molecular complexity index is 914. The predicted octanol–water partition coefficient (Wildman–Crippen LogP) is 3.77. The lowest BCUT2D eigenvalue weighted by atomic mass is 10.1. The molecule has 7 heteroatoms. The molecule has 1 aromatic carbocycles. The van der Waals surface area contributed by atoms with E-state index in [4.69, 9.17) is 9.15 Å². The molecule has 2 aromatic heterocycles. The van der Waals surface area contributed by atoms with Crippen molar-refractivity contribution in [2.75, 3.05) is 7.11 Å². The number of hydrogen-bond donors (Lipinski definition) is 0. The Morgan fingerprint density at radius 1 is 1.28 bits per heavy atom. The monoisotopic (exact) mass is 357 g/mol. The van der Waals surface area contributed by atoms with Crippen LogP contribution in [-0.2, 0) is 17.5 Å². The fraction of sp³-hybridized carbons (Fsp3) is 0.278. The van der Waals surface area contributed by atoms with Crippen molar-refractivity contribution < 1.29 is 13.9 Å². The molecular formula is C18H19N3O3S. The molecule has 0 saturated carbocycles. The van der Waals surface area contributed by atoms with Gasteiger partial charge in [-0.25, -0.2) is 4.79 Å². The molecule has 0 spiro atoms. The molecule has 0 bridgehead atoms. The first kappa shape index (κ1) is 17.3. The minimum absolute atomic E-state index is 0.391. The van der Waals surface area contributed by atoms with Gasteiger partial charge in [0.15, 0.2) is 11.0 Å². The minimum atomic E-state index is -0.391. The van der Waals surface area contributed by atoms with Crippen molar-refractivity contribution in [1.82, 2.24) is 14.8 Å². The van der Waals surface area contributed by atoms with E-state index in [1.54, 1.807) is 13.0 Å². The maximum absolute atomic E-state index is 11.7. The summed E-state index contributed by atoms with van der Waals surface area (Å²) in [6, 6.07) is 9.79. The number of hydrogen-bond acceptors (Lipinski definition) is 6. The first-order valence-electron chi connectivity index (χ1n) is 7.77. The van der Waals surface area contributed by atoms with Crippen LogP contribution in [-0.4, -0.2) is 27.8 Å². The number of carbonyl (C=O) groups is 1. The molecule has 0 amide bonds. The first-order valence-corrected chi connectivity index (χ1v) is 8.75. The van der Waals surface area contributed by atoms with E-state index >= 15 is 0 Å². The van der Waals surface area contributed by atoms with Gasteiger partial charge in [-0.05, 0) is 25.5 Å². The Balaban J connectivity index is 1.77. The fourth-order valence-electron chi connectivity index (χ4n) is 2.56. The SMILES string of the molecule is COC(=O)c1cc(CSc2nnc(-c3ccccc3C)n2C)oc1C. The van der Waals surface area contributed by atoms with Gasteiger partial charge < -0.3 is 13.7 Å². The molecule has 0 unspecified atom stereocenters. The maximum Gasteiger partial charge on any atom is 0.341 e. The Labute approximate surface area is 150 Å². The van der Waals surface area contributed by atoms with Crippen molar-refractivity contribution in [1.29, 1.82) is 0 Å². The number of methoxy groups -OCH3 is 1. The molecule has 0 aliphatic carbocycles. The zero-order valence-electron chi connectivity index (χ0n) is 14.6. The molecule has 6 nitrogen and oxygen atoms in total. The van der Waals surface area contributed by atoms with E-state index < -0.39 is 5.97 Å². The van der Waals surface area contributed by atoms with Gasteiger partial charge in [-0.1, -0.05) is 36.0 Å².